The maximum absolute atomic E-state index is 13.2. The van der Waals surface area contributed by atoms with Crippen molar-refractivity contribution in [1.82, 2.24) is 24.9 Å². The van der Waals surface area contributed by atoms with Gasteiger partial charge < -0.3 is 15.1 Å². The number of hydrogen-bond acceptors (Lipinski definition) is 4. The molecule has 1 aromatic heterocycles. The van der Waals surface area contributed by atoms with Gasteiger partial charge in [0.25, 0.3) is 11.8 Å². The van der Waals surface area contributed by atoms with Gasteiger partial charge in [0.2, 0.25) is 5.91 Å². The highest BCUT2D eigenvalue weighted by Crippen LogP contribution is 2.18. The predicted octanol–water partition coefficient (Wildman–Crippen LogP) is 2.47. The summed E-state index contributed by atoms with van der Waals surface area (Å²) in [6.07, 6.45) is 1.65. The smallest absolute Gasteiger partial charge is 0.274 e. The third-order valence-corrected chi connectivity index (χ3v) is 5.70. The summed E-state index contributed by atoms with van der Waals surface area (Å²) < 4.78 is 1.62. The molecule has 1 aromatic carbocycles. The first kappa shape index (κ1) is 23.5. The molecular weight excluding hydrogens is 406 g/mol. The van der Waals surface area contributed by atoms with Crippen molar-refractivity contribution >= 4 is 17.7 Å². The van der Waals surface area contributed by atoms with Crippen LogP contribution in [0.15, 0.2) is 30.3 Å². The second-order valence-electron chi connectivity index (χ2n) is 8.84. The van der Waals surface area contributed by atoms with Crippen LogP contribution < -0.4 is 5.32 Å². The summed E-state index contributed by atoms with van der Waals surface area (Å²) >= 11 is 0. The number of aryl methyl sites for hydroxylation is 2. The van der Waals surface area contributed by atoms with Crippen molar-refractivity contribution in [2.75, 3.05) is 26.7 Å². The van der Waals surface area contributed by atoms with Crippen molar-refractivity contribution in [3.05, 3.63) is 52.8 Å². The number of rotatable bonds is 8. The van der Waals surface area contributed by atoms with Gasteiger partial charge in [-0.3, -0.25) is 19.1 Å². The molecule has 3 rings (SSSR count). The molecule has 172 valence electrons. The van der Waals surface area contributed by atoms with Gasteiger partial charge in [0.15, 0.2) is 5.69 Å². The van der Waals surface area contributed by atoms with Crippen LogP contribution >= 0.6 is 0 Å². The first-order chi connectivity index (χ1) is 15.3. The molecule has 0 unspecified atom stereocenters. The Morgan fingerprint density at radius 3 is 2.69 bits per heavy atom. The Kier molecular flexibility index (Phi) is 7.66. The van der Waals surface area contributed by atoms with Gasteiger partial charge in [-0.15, -0.1) is 0 Å². The third-order valence-electron chi connectivity index (χ3n) is 5.70. The Morgan fingerprint density at radius 1 is 1.22 bits per heavy atom. The first-order valence-electron chi connectivity index (χ1n) is 11.2. The molecule has 0 saturated carbocycles. The van der Waals surface area contributed by atoms with E-state index >= 15 is 0 Å². The molecule has 0 spiro atoms. The van der Waals surface area contributed by atoms with Gasteiger partial charge in [-0.1, -0.05) is 38.1 Å². The topological polar surface area (TPSA) is 87.5 Å². The van der Waals surface area contributed by atoms with Crippen LogP contribution in [0, 0.1) is 12.8 Å². The zero-order valence-electron chi connectivity index (χ0n) is 19.4. The molecule has 0 aliphatic carbocycles. The third kappa shape index (κ3) is 5.75. The lowest BCUT2D eigenvalue weighted by Crippen LogP contribution is -2.39. The fraction of sp³-hybridized carbons (Fsp3) is 0.500. The van der Waals surface area contributed by atoms with E-state index in [1.165, 1.54) is 4.90 Å². The zero-order valence-corrected chi connectivity index (χ0v) is 19.4. The molecule has 2 heterocycles. The lowest BCUT2D eigenvalue weighted by molar-refractivity contribution is -0.121. The van der Waals surface area contributed by atoms with Gasteiger partial charge in [-0.2, -0.15) is 5.10 Å². The van der Waals surface area contributed by atoms with Crippen LogP contribution in [-0.2, 0) is 17.9 Å². The van der Waals surface area contributed by atoms with Crippen molar-refractivity contribution in [3.63, 3.8) is 0 Å². The number of benzene rings is 1. The Hall–Kier alpha value is -3.16. The SMILES string of the molecule is Cc1ccccc1CN1CCCn2nc(C(=O)N(C)CC(=O)NCCC(C)C)cc2C1=O. The van der Waals surface area contributed by atoms with Gasteiger partial charge in [0, 0.05) is 39.3 Å². The van der Waals surface area contributed by atoms with Crippen molar-refractivity contribution in [2.45, 2.75) is 46.7 Å². The minimum atomic E-state index is -0.372. The molecule has 0 fully saturated rings. The summed E-state index contributed by atoms with van der Waals surface area (Å²) in [5.41, 5.74) is 2.84. The minimum Gasteiger partial charge on any atom is -0.355 e. The molecule has 2 aromatic rings. The van der Waals surface area contributed by atoms with E-state index in [-0.39, 0.29) is 30.0 Å². The van der Waals surface area contributed by atoms with Crippen molar-refractivity contribution in [1.29, 1.82) is 0 Å². The Balaban J connectivity index is 1.67. The summed E-state index contributed by atoms with van der Waals surface area (Å²) in [5, 5.41) is 7.21. The van der Waals surface area contributed by atoms with Crippen LogP contribution in [0.25, 0.3) is 0 Å². The number of hydrogen-bond donors (Lipinski definition) is 1. The number of carbonyl (C=O) groups excluding carboxylic acids is 3. The molecule has 3 amide bonds. The predicted molar refractivity (Wildman–Crippen MR) is 122 cm³/mol. The summed E-state index contributed by atoms with van der Waals surface area (Å²) in [7, 11) is 1.57. The molecule has 1 N–H and O–H groups in total. The van der Waals surface area contributed by atoms with E-state index in [4.69, 9.17) is 0 Å². The van der Waals surface area contributed by atoms with Gasteiger partial charge in [0.05, 0.1) is 6.54 Å². The van der Waals surface area contributed by atoms with Gasteiger partial charge in [-0.25, -0.2) is 0 Å². The number of amides is 3. The number of nitrogens with zero attached hydrogens (tertiary/aromatic N) is 4. The van der Waals surface area contributed by atoms with E-state index in [0.717, 1.165) is 24.0 Å². The van der Waals surface area contributed by atoms with Gasteiger partial charge >= 0.3 is 0 Å². The van der Waals surface area contributed by atoms with E-state index in [1.54, 1.807) is 17.8 Å². The van der Waals surface area contributed by atoms with Crippen molar-refractivity contribution in [2.24, 2.45) is 5.92 Å². The van der Waals surface area contributed by atoms with Crippen molar-refractivity contribution < 1.29 is 14.4 Å². The van der Waals surface area contributed by atoms with Crippen LogP contribution in [-0.4, -0.2) is 64.0 Å². The number of aromatic nitrogens is 2. The maximum atomic E-state index is 13.2. The number of nitrogens with one attached hydrogen (secondary N) is 1. The van der Waals surface area contributed by atoms with Crippen LogP contribution in [0.3, 0.4) is 0 Å². The Labute approximate surface area is 189 Å². The van der Waals surface area contributed by atoms with Crippen molar-refractivity contribution in [3.8, 4) is 0 Å². The van der Waals surface area contributed by atoms with E-state index in [1.807, 2.05) is 36.1 Å². The number of fused-ring (bicyclic) bond motifs is 1. The lowest BCUT2D eigenvalue weighted by atomic mass is 10.1. The lowest BCUT2D eigenvalue weighted by Gasteiger charge is -2.21. The Bertz CT molecular complexity index is 982. The van der Waals surface area contributed by atoms with Crippen LogP contribution in [0.2, 0.25) is 0 Å². The van der Waals surface area contributed by atoms with Crippen LogP contribution in [0.5, 0.6) is 0 Å². The summed E-state index contributed by atoms with van der Waals surface area (Å²) in [4.78, 5) is 41.3. The highest BCUT2D eigenvalue weighted by molar-refractivity contribution is 5.99. The molecular formula is C24H33N5O3. The van der Waals surface area contributed by atoms with Crippen LogP contribution in [0.4, 0.5) is 0 Å². The molecule has 8 nitrogen and oxygen atoms in total. The van der Waals surface area contributed by atoms with E-state index in [9.17, 15) is 14.4 Å². The number of likely N-dealkylation sites (N-methyl/N-ethyl adjacent to an activating group) is 1. The molecule has 1 aliphatic rings. The standard InChI is InChI=1S/C24H33N5O3/c1-17(2)10-11-25-22(30)16-27(4)23(31)20-14-21-24(32)28(12-7-13-29(21)26-20)15-19-9-6-5-8-18(19)3/h5-6,8-9,14,17H,7,10-13,15-16H2,1-4H3,(H,25,30). The maximum Gasteiger partial charge on any atom is 0.274 e. The second kappa shape index (κ2) is 10.4. The molecule has 0 radical (unpaired) electrons. The average molecular weight is 440 g/mol. The van der Waals surface area contributed by atoms with E-state index < -0.39 is 0 Å². The highest BCUT2D eigenvalue weighted by Gasteiger charge is 2.27. The number of carbonyl (C=O) groups is 3. The van der Waals surface area contributed by atoms with E-state index in [2.05, 4.69) is 24.3 Å². The van der Waals surface area contributed by atoms with E-state index in [0.29, 0.717) is 37.8 Å². The summed E-state index contributed by atoms with van der Waals surface area (Å²) in [6.45, 7) is 8.48. The normalized spacial score (nSPS) is 13.7. The molecule has 0 atom stereocenters. The zero-order chi connectivity index (χ0) is 23.3. The second-order valence-corrected chi connectivity index (χ2v) is 8.84. The fourth-order valence-corrected chi connectivity index (χ4v) is 3.72. The Morgan fingerprint density at radius 2 is 1.97 bits per heavy atom. The molecule has 1 aliphatic heterocycles. The largest absolute Gasteiger partial charge is 0.355 e. The van der Waals surface area contributed by atoms with Gasteiger partial charge in [-0.05, 0) is 36.8 Å². The molecule has 0 bridgehead atoms. The quantitative estimate of drug-likeness (QED) is 0.685. The molecule has 0 saturated heterocycles. The van der Waals surface area contributed by atoms with Gasteiger partial charge in [0.1, 0.15) is 5.69 Å². The first-order valence-corrected chi connectivity index (χ1v) is 11.2. The monoisotopic (exact) mass is 439 g/mol. The summed E-state index contributed by atoms with van der Waals surface area (Å²) in [6, 6.07) is 9.57. The minimum absolute atomic E-state index is 0.0491. The van der Waals surface area contributed by atoms with Crippen LogP contribution in [0.1, 0.15) is 58.8 Å². The molecule has 8 heteroatoms. The highest BCUT2D eigenvalue weighted by atomic mass is 16.2. The molecule has 32 heavy (non-hydrogen) atoms. The average Bonchev–Trinajstić information content (AvgIpc) is 3.11. The summed E-state index contributed by atoms with van der Waals surface area (Å²) in [5.74, 6) is -0.213. The fourth-order valence-electron chi connectivity index (χ4n) is 3.72.